The highest BCUT2D eigenvalue weighted by Crippen LogP contribution is 2.23. The first kappa shape index (κ1) is 21.0. The second-order valence-electron chi connectivity index (χ2n) is 8.23. The van der Waals surface area contributed by atoms with Gasteiger partial charge in [0.25, 0.3) is 0 Å². The van der Waals surface area contributed by atoms with E-state index < -0.39 is 0 Å². The number of ether oxygens (including phenoxy) is 1. The van der Waals surface area contributed by atoms with Gasteiger partial charge in [0, 0.05) is 29.5 Å². The maximum Gasteiger partial charge on any atom is 0.323 e. The Hall–Kier alpha value is -3.84. The summed E-state index contributed by atoms with van der Waals surface area (Å²) in [6.07, 6.45) is 4.63. The molecule has 1 saturated heterocycles. The molecule has 7 nitrogen and oxygen atoms in total. The minimum Gasteiger partial charge on any atom is -0.457 e. The molecule has 2 N–H and O–H groups in total. The summed E-state index contributed by atoms with van der Waals surface area (Å²) in [5.74, 6) is 1.48. The molecule has 168 valence electrons. The predicted molar refractivity (Wildman–Crippen MR) is 131 cm³/mol. The highest BCUT2D eigenvalue weighted by atomic mass is 16.5. The maximum atomic E-state index is 12.5. The average molecular weight is 442 g/mol. The van der Waals surface area contributed by atoms with E-state index in [4.69, 9.17) is 4.74 Å². The lowest BCUT2D eigenvalue weighted by Crippen LogP contribution is -2.24. The lowest BCUT2D eigenvalue weighted by molar-refractivity contribution is 0.262. The molecular weight excluding hydrogens is 414 g/mol. The van der Waals surface area contributed by atoms with Gasteiger partial charge in [-0.05, 0) is 80.5 Å². The Morgan fingerprint density at radius 1 is 0.848 bits per heavy atom. The van der Waals surface area contributed by atoms with Gasteiger partial charge in [-0.15, -0.1) is 0 Å². The van der Waals surface area contributed by atoms with E-state index in [1.54, 1.807) is 0 Å². The average Bonchev–Trinajstić information content (AvgIpc) is 3.49. The van der Waals surface area contributed by atoms with Crippen molar-refractivity contribution in [3.63, 3.8) is 0 Å². The molecule has 1 aliphatic heterocycles. The Balaban J connectivity index is 1.16. The van der Waals surface area contributed by atoms with Crippen LogP contribution in [0.2, 0.25) is 0 Å². The number of anilines is 2. The van der Waals surface area contributed by atoms with Gasteiger partial charge in [-0.2, -0.15) is 5.10 Å². The van der Waals surface area contributed by atoms with E-state index in [0.29, 0.717) is 11.4 Å². The fraction of sp³-hybridized carbons (Fsp3) is 0.231. The SMILES string of the molecule is O=C(Nc1ccc(Oc2ccccc2)cc1)Nc1ccc2nn(CCN3CCCC3)cc2c1. The third-order valence-electron chi connectivity index (χ3n) is 5.74. The van der Waals surface area contributed by atoms with E-state index in [0.717, 1.165) is 35.4 Å². The third-order valence-corrected chi connectivity index (χ3v) is 5.74. The zero-order chi connectivity index (χ0) is 22.5. The standard InChI is InChI=1S/C26H27N5O2/c32-26(27-21-8-11-24(12-9-21)33-23-6-2-1-3-7-23)28-22-10-13-25-20(18-22)19-31(29-25)17-16-30-14-4-5-15-30/h1-3,6-13,18-19H,4-5,14-17H2,(H2,27,28,32). The predicted octanol–water partition coefficient (Wildman–Crippen LogP) is 5.57. The number of nitrogens with one attached hydrogen (secondary N) is 2. The Morgan fingerprint density at radius 2 is 1.55 bits per heavy atom. The van der Waals surface area contributed by atoms with Crippen LogP contribution in [0.15, 0.2) is 79.0 Å². The van der Waals surface area contributed by atoms with Crippen LogP contribution in [0.5, 0.6) is 11.5 Å². The quantitative estimate of drug-likeness (QED) is 0.393. The molecule has 0 aliphatic carbocycles. The molecule has 0 radical (unpaired) electrons. The number of benzene rings is 3. The summed E-state index contributed by atoms with van der Waals surface area (Å²) in [5, 5.41) is 11.4. The summed E-state index contributed by atoms with van der Waals surface area (Å²) in [7, 11) is 0. The molecule has 0 unspecified atom stereocenters. The van der Waals surface area contributed by atoms with Gasteiger partial charge in [0.1, 0.15) is 11.5 Å². The van der Waals surface area contributed by atoms with Gasteiger partial charge < -0.3 is 20.3 Å². The van der Waals surface area contributed by atoms with Gasteiger partial charge in [0.15, 0.2) is 0 Å². The number of nitrogens with zero attached hydrogens (tertiary/aromatic N) is 3. The molecule has 33 heavy (non-hydrogen) atoms. The summed E-state index contributed by atoms with van der Waals surface area (Å²) in [5.41, 5.74) is 2.34. The lowest BCUT2D eigenvalue weighted by atomic mass is 10.2. The number of carbonyl (C=O) groups is 1. The number of urea groups is 1. The number of para-hydroxylation sites is 1. The molecule has 4 aromatic rings. The maximum absolute atomic E-state index is 12.5. The molecule has 2 heterocycles. The van der Waals surface area contributed by atoms with Crippen molar-refractivity contribution < 1.29 is 9.53 Å². The first-order chi connectivity index (χ1) is 16.2. The van der Waals surface area contributed by atoms with E-state index in [-0.39, 0.29) is 6.03 Å². The molecule has 3 aromatic carbocycles. The van der Waals surface area contributed by atoms with Crippen LogP contribution in [-0.2, 0) is 6.54 Å². The number of hydrogen-bond acceptors (Lipinski definition) is 4. The van der Waals surface area contributed by atoms with Gasteiger partial charge in [-0.1, -0.05) is 18.2 Å². The van der Waals surface area contributed by atoms with Crippen molar-refractivity contribution in [3.05, 3.63) is 79.0 Å². The molecule has 0 spiro atoms. The number of aromatic nitrogens is 2. The smallest absolute Gasteiger partial charge is 0.323 e. The Kier molecular flexibility index (Phi) is 6.21. The van der Waals surface area contributed by atoms with Gasteiger partial charge in [0.2, 0.25) is 0 Å². The van der Waals surface area contributed by atoms with Crippen molar-refractivity contribution in [3.8, 4) is 11.5 Å². The van der Waals surface area contributed by atoms with Crippen molar-refractivity contribution >= 4 is 28.3 Å². The van der Waals surface area contributed by atoms with E-state index in [1.807, 2.05) is 83.7 Å². The fourth-order valence-corrected chi connectivity index (χ4v) is 4.04. The van der Waals surface area contributed by atoms with Crippen molar-refractivity contribution in [1.29, 1.82) is 0 Å². The molecular formula is C26H27N5O2. The van der Waals surface area contributed by atoms with Gasteiger partial charge in [0.05, 0.1) is 12.1 Å². The molecule has 1 fully saturated rings. The van der Waals surface area contributed by atoms with E-state index in [9.17, 15) is 4.79 Å². The van der Waals surface area contributed by atoms with E-state index >= 15 is 0 Å². The lowest BCUT2D eigenvalue weighted by Gasteiger charge is -2.13. The van der Waals surface area contributed by atoms with Crippen LogP contribution in [0, 0.1) is 0 Å². The van der Waals surface area contributed by atoms with Crippen LogP contribution in [0.25, 0.3) is 10.9 Å². The van der Waals surface area contributed by atoms with Crippen LogP contribution in [0.4, 0.5) is 16.2 Å². The summed E-state index contributed by atoms with van der Waals surface area (Å²) in [6, 6.07) is 22.3. The largest absolute Gasteiger partial charge is 0.457 e. The number of carbonyl (C=O) groups excluding carboxylic acids is 1. The molecule has 1 aliphatic rings. The molecule has 2 amide bonds. The zero-order valence-electron chi connectivity index (χ0n) is 18.4. The molecule has 0 atom stereocenters. The van der Waals surface area contributed by atoms with Crippen LogP contribution in [0.3, 0.4) is 0 Å². The van der Waals surface area contributed by atoms with Crippen molar-refractivity contribution in [2.45, 2.75) is 19.4 Å². The minimum atomic E-state index is -0.299. The Labute approximate surface area is 193 Å². The van der Waals surface area contributed by atoms with Crippen molar-refractivity contribution in [1.82, 2.24) is 14.7 Å². The molecule has 0 bridgehead atoms. The van der Waals surface area contributed by atoms with Crippen LogP contribution < -0.4 is 15.4 Å². The van der Waals surface area contributed by atoms with E-state index in [2.05, 4.69) is 20.6 Å². The fourth-order valence-electron chi connectivity index (χ4n) is 4.04. The monoisotopic (exact) mass is 441 g/mol. The summed E-state index contributed by atoms with van der Waals surface area (Å²) in [6.45, 7) is 4.28. The van der Waals surface area contributed by atoms with E-state index in [1.165, 1.54) is 25.9 Å². The molecule has 0 saturated carbocycles. The van der Waals surface area contributed by atoms with Gasteiger partial charge in [-0.3, -0.25) is 4.68 Å². The summed E-state index contributed by atoms with van der Waals surface area (Å²) in [4.78, 5) is 14.9. The summed E-state index contributed by atoms with van der Waals surface area (Å²) < 4.78 is 7.78. The van der Waals surface area contributed by atoms with Crippen molar-refractivity contribution in [2.24, 2.45) is 0 Å². The minimum absolute atomic E-state index is 0.299. The number of hydrogen-bond donors (Lipinski definition) is 2. The first-order valence-electron chi connectivity index (χ1n) is 11.3. The number of fused-ring (bicyclic) bond motifs is 1. The molecule has 1 aromatic heterocycles. The second kappa shape index (κ2) is 9.75. The first-order valence-corrected chi connectivity index (χ1v) is 11.3. The number of likely N-dealkylation sites (tertiary alicyclic amines) is 1. The van der Waals surface area contributed by atoms with Crippen molar-refractivity contribution in [2.75, 3.05) is 30.3 Å². The zero-order valence-corrected chi connectivity index (χ0v) is 18.4. The molecule has 5 rings (SSSR count). The second-order valence-corrected chi connectivity index (χ2v) is 8.23. The Morgan fingerprint density at radius 3 is 2.33 bits per heavy atom. The Bertz CT molecular complexity index is 1210. The van der Waals surface area contributed by atoms with Crippen LogP contribution in [-0.4, -0.2) is 40.3 Å². The summed E-state index contributed by atoms with van der Waals surface area (Å²) >= 11 is 0. The molecule has 7 heteroatoms. The van der Waals surface area contributed by atoms with Crippen LogP contribution in [0.1, 0.15) is 12.8 Å². The van der Waals surface area contributed by atoms with Crippen LogP contribution >= 0.6 is 0 Å². The highest BCUT2D eigenvalue weighted by Gasteiger charge is 2.12. The highest BCUT2D eigenvalue weighted by molar-refractivity contribution is 6.00. The normalized spacial score (nSPS) is 13.8. The van der Waals surface area contributed by atoms with Gasteiger partial charge in [-0.25, -0.2) is 4.79 Å². The number of rotatable bonds is 7. The third kappa shape index (κ3) is 5.51. The number of amides is 2. The topological polar surface area (TPSA) is 71.4 Å². The van der Waals surface area contributed by atoms with Gasteiger partial charge >= 0.3 is 6.03 Å².